The van der Waals surface area contributed by atoms with Gasteiger partial charge in [0, 0.05) is 18.4 Å². The van der Waals surface area contributed by atoms with Gasteiger partial charge in [0.05, 0.1) is 5.92 Å². The number of likely N-dealkylation sites (tertiary alicyclic amines) is 1. The minimum Gasteiger partial charge on any atom is -0.462 e. The minimum absolute atomic E-state index is 0.00589. The van der Waals surface area contributed by atoms with Gasteiger partial charge in [-0.1, -0.05) is 200 Å². The first-order valence-corrected chi connectivity index (χ1v) is 29.8. The summed E-state index contributed by atoms with van der Waals surface area (Å²) in [5, 5.41) is 0. The van der Waals surface area contributed by atoms with Gasteiger partial charge in [-0.25, -0.2) is 0 Å². The molecule has 5 nitrogen and oxygen atoms in total. The number of nitrogens with zero attached hydrogens (tertiary/aromatic N) is 1. The van der Waals surface area contributed by atoms with Crippen LogP contribution in [0.4, 0.5) is 0 Å². The first-order valence-electron chi connectivity index (χ1n) is 29.8. The molecule has 0 aromatic carbocycles. The van der Waals surface area contributed by atoms with E-state index in [0.717, 1.165) is 94.2 Å². The second-order valence-corrected chi connectivity index (χ2v) is 23.0. The Balaban J connectivity index is 0.974. The largest absolute Gasteiger partial charge is 0.462 e. The van der Waals surface area contributed by atoms with Crippen molar-refractivity contribution in [2.24, 2.45) is 41.4 Å². The molecule has 5 rings (SSSR count). The Morgan fingerprint density at radius 2 is 0.985 bits per heavy atom. The molecule has 0 radical (unpaired) electrons. The molecule has 5 fully saturated rings. The fraction of sp³-hybridized carbons (Fsp3) is 0.933. The molecule has 1 heterocycles. The van der Waals surface area contributed by atoms with Crippen molar-refractivity contribution in [2.45, 2.75) is 302 Å². The van der Waals surface area contributed by atoms with Gasteiger partial charge in [0.2, 0.25) is 0 Å². The molecule has 0 spiro atoms. The SMILES string of the molecule is CC/C=C\CC1C(CC(=O)OC(CCCCCCCCC2CC2CCCCCCCC)CCCCCCCCC2CC2CCCCCCCC)CCC1OC(=O)C1CCN(C2CC2)CC1. The van der Waals surface area contributed by atoms with E-state index in [1.54, 1.807) is 0 Å². The van der Waals surface area contributed by atoms with E-state index in [0.29, 0.717) is 6.42 Å². The maximum absolute atomic E-state index is 13.8. The summed E-state index contributed by atoms with van der Waals surface area (Å²) in [6.45, 7) is 8.87. The highest BCUT2D eigenvalue weighted by molar-refractivity contribution is 5.73. The highest BCUT2D eigenvalue weighted by Gasteiger charge is 2.41. The van der Waals surface area contributed by atoms with Gasteiger partial charge in [-0.05, 0) is 133 Å². The summed E-state index contributed by atoms with van der Waals surface area (Å²) < 4.78 is 12.8. The van der Waals surface area contributed by atoms with Crippen LogP contribution in [0.1, 0.15) is 284 Å². The monoisotopic (exact) mass is 906 g/mol. The predicted molar refractivity (Wildman–Crippen MR) is 275 cm³/mol. The summed E-state index contributed by atoms with van der Waals surface area (Å²) in [5.74, 6) is 4.68. The molecule has 4 saturated carbocycles. The van der Waals surface area contributed by atoms with Gasteiger partial charge in [0.1, 0.15) is 12.2 Å². The quantitative estimate of drug-likeness (QED) is 0.0348. The lowest BCUT2D eigenvalue weighted by Crippen LogP contribution is -2.39. The molecule has 1 saturated heterocycles. The molecule has 0 amide bonds. The van der Waals surface area contributed by atoms with Crippen LogP contribution in [-0.2, 0) is 19.1 Å². The Morgan fingerprint density at radius 1 is 0.523 bits per heavy atom. The number of esters is 2. The summed E-state index contributed by atoms with van der Waals surface area (Å²) in [6, 6.07) is 0.773. The highest BCUT2D eigenvalue weighted by atomic mass is 16.5. The van der Waals surface area contributed by atoms with Gasteiger partial charge in [0.25, 0.3) is 0 Å². The third-order valence-corrected chi connectivity index (χ3v) is 17.3. The molecule has 0 N–H and O–H groups in total. The van der Waals surface area contributed by atoms with Gasteiger partial charge >= 0.3 is 11.9 Å². The molecule has 0 aromatic rings. The third kappa shape index (κ3) is 23.2. The van der Waals surface area contributed by atoms with Crippen molar-refractivity contribution in [1.82, 2.24) is 4.90 Å². The minimum atomic E-state index is -0.0781. The van der Waals surface area contributed by atoms with Crippen LogP contribution in [-0.4, -0.2) is 48.2 Å². The van der Waals surface area contributed by atoms with E-state index in [4.69, 9.17) is 9.47 Å². The fourth-order valence-electron chi connectivity index (χ4n) is 12.5. The molecular weight excluding hydrogens is 799 g/mol. The summed E-state index contributed by atoms with van der Waals surface area (Å²) in [5.41, 5.74) is 0. The molecule has 7 atom stereocenters. The zero-order chi connectivity index (χ0) is 45.7. The second kappa shape index (κ2) is 33.2. The fourth-order valence-corrected chi connectivity index (χ4v) is 12.5. The summed E-state index contributed by atoms with van der Waals surface area (Å²) in [4.78, 5) is 29.8. The predicted octanol–water partition coefficient (Wildman–Crippen LogP) is 17.5. The molecule has 0 aromatic heterocycles. The van der Waals surface area contributed by atoms with Crippen molar-refractivity contribution in [1.29, 1.82) is 0 Å². The number of rotatable bonds is 41. The number of hydrogen-bond acceptors (Lipinski definition) is 5. The van der Waals surface area contributed by atoms with Crippen LogP contribution >= 0.6 is 0 Å². The van der Waals surface area contributed by atoms with Crippen LogP contribution in [0.5, 0.6) is 0 Å². The van der Waals surface area contributed by atoms with Crippen molar-refractivity contribution in [3.63, 3.8) is 0 Å². The topological polar surface area (TPSA) is 55.8 Å². The first-order chi connectivity index (χ1) is 32.0. The van der Waals surface area contributed by atoms with Crippen molar-refractivity contribution in [3.8, 4) is 0 Å². The normalized spacial score (nSPS) is 26.2. The molecule has 0 bridgehead atoms. The zero-order valence-electron chi connectivity index (χ0n) is 43.4. The lowest BCUT2D eigenvalue weighted by Gasteiger charge is -2.32. The van der Waals surface area contributed by atoms with Gasteiger partial charge in [-0.2, -0.15) is 0 Å². The number of hydrogen-bond donors (Lipinski definition) is 0. The first kappa shape index (κ1) is 54.6. The molecule has 1 aliphatic heterocycles. The average molecular weight is 907 g/mol. The zero-order valence-corrected chi connectivity index (χ0v) is 43.4. The van der Waals surface area contributed by atoms with E-state index in [1.165, 1.54) is 205 Å². The smallest absolute Gasteiger partial charge is 0.309 e. The number of piperidine rings is 1. The molecule has 65 heavy (non-hydrogen) atoms. The summed E-state index contributed by atoms with van der Waals surface area (Å²) >= 11 is 0. The molecule has 376 valence electrons. The number of unbranched alkanes of at least 4 members (excludes halogenated alkanes) is 20. The van der Waals surface area contributed by atoms with Gasteiger partial charge in [-0.15, -0.1) is 0 Å². The Morgan fingerprint density at radius 3 is 1.45 bits per heavy atom. The van der Waals surface area contributed by atoms with E-state index in [2.05, 4.69) is 37.8 Å². The standard InChI is InChI=1S/C60H107NO4/c1-4-7-10-12-18-25-31-50-46-52(50)33-27-20-14-16-22-29-35-56(36-30-23-17-15-21-28-34-53-47-51(53)32-26-19-13-11-8-5-2)64-59(62)48-54-38-41-58(57(54)37-24-9-6-3)65-60(63)49-42-44-61(45-43-49)55-39-40-55/h9,24,49-58H,4-8,10-23,25-48H2,1-3H3/b24-9-. The van der Waals surface area contributed by atoms with E-state index < -0.39 is 0 Å². The molecule has 5 heteroatoms. The highest BCUT2D eigenvalue weighted by Crippen LogP contribution is 2.47. The Bertz CT molecular complexity index is 1210. The lowest BCUT2D eigenvalue weighted by molar-refractivity contribution is -0.158. The number of carbonyl (C=O) groups excluding carboxylic acids is 2. The maximum Gasteiger partial charge on any atom is 0.309 e. The van der Waals surface area contributed by atoms with E-state index >= 15 is 0 Å². The summed E-state index contributed by atoms with van der Waals surface area (Å²) in [6.07, 6.45) is 57.2. The molecule has 7 unspecified atom stereocenters. The number of ether oxygens (including phenoxy) is 2. The Hall–Kier alpha value is -1.36. The van der Waals surface area contributed by atoms with E-state index in [1.807, 2.05) is 0 Å². The van der Waals surface area contributed by atoms with Crippen molar-refractivity contribution in [3.05, 3.63) is 12.2 Å². The molecule has 5 aliphatic rings. The lowest BCUT2D eigenvalue weighted by atomic mass is 9.88. The van der Waals surface area contributed by atoms with E-state index in [-0.39, 0.29) is 41.9 Å². The second-order valence-electron chi connectivity index (χ2n) is 23.0. The average Bonchev–Trinajstić information content (AvgIpc) is 4.24. The van der Waals surface area contributed by atoms with Crippen molar-refractivity contribution in [2.75, 3.05) is 13.1 Å². The van der Waals surface area contributed by atoms with Crippen LogP contribution in [0.25, 0.3) is 0 Å². The van der Waals surface area contributed by atoms with Crippen LogP contribution < -0.4 is 0 Å². The summed E-state index contributed by atoms with van der Waals surface area (Å²) in [7, 11) is 0. The Kier molecular flexibility index (Phi) is 27.9. The van der Waals surface area contributed by atoms with Crippen molar-refractivity contribution >= 4 is 11.9 Å². The van der Waals surface area contributed by atoms with Gasteiger partial charge in [0.15, 0.2) is 0 Å². The van der Waals surface area contributed by atoms with Crippen LogP contribution in [0.2, 0.25) is 0 Å². The number of carbonyl (C=O) groups is 2. The van der Waals surface area contributed by atoms with Crippen molar-refractivity contribution < 1.29 is 19.1 Å². The molecular formula is C60H107NO4. The third-order valence-electron chi connectivity index (χ3n) is 17.3. The van der Waals surface area contributed by atoms with Crippen LogP contribution in [0, 0.1) is 41.4 Å². The maximum atomic E-state index is 13.8. The van der Waals surface area contributed by atoms with Crippen LogP contribution in [0.15, 0.2) is 12.2 Å². The number of allylic oxidation sites excluding steroid dienone is 2. The molecule has 4 aliphatic carbocycles. The Labute approximate surface area is 403 Å². The van der Waals surface area contributed by atoms with Gasteiger partial charge < -0.3 is 14.4 Å². The van der Waals surface area contributed by atoms with Gasteiger partial charge in [-0.3, -0.25) is 9.59 Å². The van der Waals surface area contributed by atoms with E-state index in [9.17, 15) is 9.59 Å². The van der Waals surface area contributed by atoms with Crippen LogP contribution in [0.3, 0.4) is 0 Å².